The molecule has 7 nitrogen and oxygen atoms in total. The molecule has 4 rings (SSSR count). The number of carbonyl (C=O) groups excluding carboxylic acids is 2. The molecule has 0 aromatic heterocycles. The Morgan fingerprint density at radius 1 is 1.02 bits per heavy atom. The zero-order valence-electron chi connectivity index (χ0n) is 22.7. The summed E-state index contributed by atoms with van der Waals surface area (Å²) in [6, 6.07) is 7.11. The lowest BCUT2D eigenvalue weighted by Gasteiger charge is -2.37. The monoisotopic (exact) mass is 601 g/mol. The number of rotatable bonds is 8. The summed E-state index contributed by atoms with van der Waals surface area (Å²) in [5, 5.41) is 5.65. The lowest BCUT2D eigenvalue weighted by Crippen LogP contribution is -2.47. The van der Waals surface area contributed by atoms with Crippen LogP contribution in [-0.2, 0) is 11.3 Å². The van der Waals surface area contributed by atoms with Crippen LogP contribution in [-0.4, -0.2) is 80.7 Å². The van der Waals surface area contributed by atoms with Crippen molar-refractivity contribution in [2.24, 2.45) is 5.92 Å². The Morgan fingerprint density at radius 3 is 2.44 bits per heavy atom. The number of alkyl halides is 3. The molecule has 2 heterocycles. The number of halogens is 6. The van der Waals surface area contributed by atoms with Crippen molar-refractivity contribution in [1.82, 2.24) is 15.1 Å². The minimum atomic E-state index is -4.23. The fourth-order valence-corrected chi connectivity index (χ4v) is 5.33. The van der Waals surface area contributed by atoms with Gasteiger partial charge in [0.15, 0.2) is 11.6 Å². The molecule has 2 aliphatic rings. The molecule has 13 heteroatoms. The third-order valence-corrected chi connectivity index (χ3v) is 7.72. The van der Waals surface area contributed by atoms with E-state index < -0.39 is 35.7 Å². The van der Waals surface area contributed by atoms with Crippen molar-refractivity contribution < 1.29 is 31.5 Å². The maximum atomic E-state index is 15.0. The first-order chi connectivity index (χ1) is 19.4. The summed E-state index contributed by atoms with van der Waals surface area (Å²) in [7, 11) is 1.92. The molecule has 0 saturated carbocycles. The SMILES string of the molecule is CN1CCCC(C(=O)NCc2ccc(C(=O)Nc3ccc(Cl)cc3N3CCN(CCC(F)(F)F)CC3)c(F)c2F)C1. The third-order valence-electron chi connectivity index (χ3n) is 7.49. The zero-order chi connectivity index (χ0) is 29.7. The van der Waals surface area contributed by atoms with Gasteiger partial charge in [-0.3, -0.25) is 14.5 Å². The Bertz CT molecular complexity index is 1250. The van der Waals surface area contributed by atoms with Crippen LogP contribution >= 0.6 is 11.6 Å². The highest BCUT2D eigenvalue weighted by Crippen LogP contribution is 2.31. The summed E-state index contributed by atoms with van der Waals surface area (Å²) >= 11 is 6.17. The van der Waals surface area contributed by atoms with Crippen molar-refractivity contribution in [3.05, 3.63) is 58.1 Å². The van der Waals surface area contributed by atoms with Crippen LogP contribution in [0.2, 0.25) is 5.02 Å². The molecule has 2 saturated heterocycles. The Balaban J connectivity index is 1.40. The van der Waals surface area contributed by atoms with E-state index >= 15 is 0 Å². The topological polar surface area (TPSA) is 67.9 Å². The predicted octanol–water partition coefficient (Wildman–Crippen LogP) is 4.90. The van der Waals surface area contributed by atoms with Gasteiger partial charge in [-0.15, -0.1) is 0 Å². The van der Waals surface area contributed by atoms with E-state index in [2.05, 4.69) is 10.6 Å². The normalized spacial score (nSPS) is 18.8. The lowest BCUT2D eigenvalue weighted by molar-refractivity contribution is -0.138. The highest BCUT2D eigenvalue weighted by atomic mass is 35.5. The molecule has 2 aromatic carbocycles. The molecule has 224 valence electrons. The minimum absolute atomic E-state index is 0.0767. The average molecular weight is 602 g/mol. The van der Waals surface area contributed by atoms with Crippen LogP contribution in [0.5, 0.6) is 0 Å². The third kappa shape index (κ3) is 8.30. The number of carbonyl (C=O) groups is 2. The zero-order valence-corrected chi connectivity index (χ0v) is 23.4. The van der Waals surface area contributed by atoms with Gasteiger partial charge in [0, 0.05) is 56.4 Å². The Kier molecular flexibility index (Phi) is 10.1. The van der Waals surface area contributed by atoms with Gasteiger partial charge in [-0.1, -0.05) is 17.7 Å². The van der Waals surface area contributed by atoms with Crippen LogP contribution < -0.4 is 15.5 Å². The molecule has 0 bridgehead atoms. The highest BCUT2D eigenvalue weighted by molar-refractivity contribution is 6.31. The molecule has 0 spiro atoms. The molecule has 1 unspecified atom stereocenters. The number of hydrogen-bond acceptors (Lipinski definition) is 5. The van der Waals surface area contributed by atoms with E-state index in [1.54, 1.807) is 11.0 Å². The quantitative estimate of drug-likeness (QED) is 0.421. The van der Waals surface area contributed by atoms with Gasteiger partial charge in [0.1, 0.15) is 0 Å². The Labute approximate surface area is 240 Å². The van der Waals surface area contributed by atoms with Gasteiger partial charge >= 0.3 is 6.18 Å². The van der Waals surface area contributed by atoms with Gasteiger partial charge in [-0.05, 0) is 50.7 Å². The first-order valence-corrected chi connectivity index (χ1v) is 13.9. The summed E-state index contributed by atoms with van der Waals surface area (Å²) < 4.78 is 67.6. The van der Waals surface area contributed by atoms with Crippen LogP contribution in [0.15, 0.2) is 30.3 Å². The number of piperazine rings is 1. The van der Waals surface area contributed by atoms with Crippen molar-refractivity contribution in [2.45, 2.75) is 32.0 Å². The Morgan fingerprint density at radius 2 is 1.76 bits per heavy atom. The van der Waals surface area contributed by atoms with E-state index in [4.69, 9.17) is 11.6 Å². The number of anilines is 2. The second-order valence-electron chi connectivity index (χ2n) is 10.5. The van der Waals surface area contributed by atoms with Crippen molar-refractivity contribution in [2.75, 3.05) is 63.1 Å². The number of nitrogens with zero attached hydrogens (tertiary/aromatic N) is 3. The van der Waals surface area contributed by atoms with Gasteiger partial charge in [0.2, 0.25) is 5.91 Å². The van der Waals surface area contributed by atoms with Crippen LogP contribution in [0.25, 0.3) is 0 Å². The number of likely N-dealkylation sites (tertiary alicyclic amines) is 1. The smallest absolute Gasteiger partial charge is 0.367 e. The maximum absolute atomic E-state index is 15.0. The minimum Gasteiger partial charge on any atom is -0.367 e. The summed E-state index contributed by atoms with van der Waals surface area (Å²) in [6.45, 7) is 2.74. The molecule has 2 aliphatic heterocycles. The molecule has 0 radical (unpaired) electrons. The van der Waals surface area contributed by atoms with Crippen LogP contribution in [0, 0.1) is 17.6 Å². The molecule has 1 atom stereocenters. The first-order valence-electron chi connectivity index (χ1n) is 13.5. The number of piperidine rings is 1. The maximum Gasteiger partial charge on any atom is 0.390 e. The molecule has 2 aromatic rings. The van der Waals surface area contributed by atoms with Gasteiger partial charge < -0.3 is 20.4 Å². The molecule has 41 heavy (non-hydrogen) atoms. The first kappa shape index (κ1) is 31.0. The number of benzene rings is 2. The van der Waals surface area contributed by atoms with Crippen molar-refractivity contribution in [3.8, 4) is 0 Å². The second kappa shape index (κ2) is 13.3. The molecule has 0 aliphatic carbocycles. The van der Waals surface area contributed by atoms with Crippen LogP contribution in [0.3, 0.4) is 0 Å². The summed E-state index contributed by atoms with van der Waals surface area (Å²) in [5.74, 6) is -3.88. The molecular formula is C28H33ClF5N5O2. The van der Waals surface area contributed by atoms with Crippen molar-refractivity contribution in [3.63, 3.8) is 0 Å². The second-order valence-corrected chi connectivity index (χ2v) is 11.0. The summed E-state index contributed by atoms with van der Waals surface area (Å²) in [5.41, 5.74) is 0.239. The molecule has 2 N–H and O–H groups in total. The van der Waals surface area contributed by atoms with E-state index in [1.807, 2.05) is 16.8 Å². The number of hydrogen-bond donors (Lipinski definition) is 2. The average Bonchev–Trinajstić information content (AvgIpc) is 2.93. The van der Waals surface area contributed by atoms with E-state index in [0.717, 1.165) is 19.4 Å². The van der Waals surface area contributed by atoms with Crippen molar-refractivity contribution in [1.29, 1.82) is 0 Å². The summed E-state index contributed by atoms with van der Waals surface area (Å²) in [6.07, 6.45) is -3.51. The predicted molar refractivity (Wildman–Crippen MR) is 147 cm³/mol. The van der Waals surface area contributed by atoms with Gasteiger partial charge in [-0.2, -0.15) is 13.2 Å². The van der Waals surface area contributed by atoms with E-state index in [0.29, 0.717) is 49.1 Å². The lowest BCUT2D eigenvalue weighted by atomic mass is 9.97. The fourth-order valence-electron chi connectivity index (χ4n) is 5.17. The molecule has 2 fully saturated rings. The van der Waals surface area contributed by atoms with E-state index in [9.17, 15) is 31.5 Å². The van der Waals surface area contributed by atoms with E-state index in [-0.39, 0.29) is 30.5 Å². The number of amides is 2. The van der Waals surface area contributed by atoms with E-state index in [1.165, 1.54) is 24.3 Å². The molecule has 2 amide bonds. The van der Waals surface area contributed by atoms with Gasteiger partial charge in [0.25, 0.3) is 5.91 Å². The van der Waals surface area contributed by atoms with Crippen LogP contribution in [0.4, 0.5) is 33.3 Å². The van der Waals surface area contributed by atoms with Crippen LogP contribution in [0.1, 0.15) is 35.2 Å². The standard InChI is InChI=1S/C28H33ClF5N5O2/c1-37-9-2-3-19(17-37)26(40)35-16-18-4-6-21(25(31)24(18)30)27(41)36-22-7-5-20(29)15-23(22)39-13-11-38(12-14-39)10-8-28(32,33)34/h4-7,15,19H,2-3,8-14,16-17H2,1H3,(H,35,40)(H,36,41). The Hall–Kier alpha value is -2.96. The van der Waals surface area contributed by atoms with Gasteiger partial charge in [0.05, 0.1) is 29.3 Å². The molecular weight excluding hydrogens is 569 g/mol. The highest BCUT2D eigenvalue weighted by Gasteiger charge is 2.29. The largest absolute Gasteiger partial charge is 0.390 e. The van der Waals surface area contributed by atoms with Gasteiger partial charge in [-0.25, -0.2) is 8.78 Å². The summed E-state index contributed by atoms with van der Waals surface area (Å²) in [4.78, 5) is 31.1. The van der Waals surface area contributed by atoms with Crippen molar-refractivity contribution >= 4 is 34.8 Å². The number of nitrogens with one attached hydrogen (secondary N) is 2. The fraction of sp³-hybridized carbons (Fsp3) is 0.500.